The van der Waals surface area contributed by atoms with E-state index < -0.39 is 0 Å². The Kier molecular flexibility index (Phi) is 11.5. The smallest absolute Gasteiger partial charge is 0.0414 e. The van der Waals surface area contributed by atoms with E-state index in [1.165, 1.54) is 64.2 Å². The van der Waals surface area contributed by atoms with Crippen molar-refractivity contribution in [1.29, 1.82) is 0 Å². The number of unbranched alkanes of at least 4 members (excludes halogenated alkanes) is 4. The van der Waals surface area contributed by atoms with E-state index in [1.807, 2.05) is 0 Å². The first kappa shape index (κ1) is 16.0. The summed E-state index contributed by atoms with van der Waals surface area (Å²) < 4.78 is 0. The van der Waals surface area contributed by atoms with Crippen molar-refractivity contribution in [3.8, 4) is 0 Å². The zero-order valence-corrected chi connectivity index (χ0v) is 12.2. The lowest BCUT2D eigenvalue weighted by Gasteiger charge is -2.19. The second kappa shape index (κ2) is 11.5. The van der Waals surface area contributed by atoms with Crippen LogP contribution in [0.25, 0.3) is 0 Å². The van der Waals surface area contributed by atoms with Crippen LogP contribution in [0.4, 0.5) is 0 Å². The number of hydrogen-bond acceptors (Lipinski definition) is 0. The molecule has 0 rings (SSSR count). The van der Waals surface area contributed by atoms with Crippen molar-refractivity contribution in [2.24, 2.45) is 11.8 Å². The molecule has 0 fully saturated rings. The van der Waals surface area contributed by atoms with Gasteiger partial charge in [-0.25, -0.2) is 0 Å². The topological polar surface area (TPSA) is 0 Å². The van der Waals surface area contributed by atoms with Crippen LogP contribution in [0.5, 0.6) is 0 Å². The van der Waals surface area contributed by atoms with Gasteiger partial charge in [-0.2, -0.15) is 0 Å². The normalized spacial score (nSPS) is 15.0. The zero-order chi connectivity index (χ0) is 12.2. The van der Waals surface area contributed by atoms with E-state index in [0.29, 0.717) is 0 Å². The molecule has 2 unspecified atom stereocenters. The SMILES string of the molecule is CCCCCCC(CC)CC(C)CCCC. The van der Waals surface area contributed by atoms with Crippen molar-refractivity contribution in [2.45, 2.75) is 91.9 Å². The van der Waals surface area contributed by atoms with Gasteiger partial charge in [0.1, 0.15) is 0 Å². The van der Waals surface area contributed by atoms with Crippen molar-refractivity contribution in [3.63, 3.8) is 0 Å². The van der Waals surface area contributed by atoms with E-state index in [2.05, 4.69) is 27.7 Å². The molecule has 2 atom stereocenters. The molecule has 0 aromatic rings. The fourth-order valence-electron chi connectivity index (χ4n) is 2.59. The van der Waals surface area contributed by atoms with Crippen LogP contribution in [0.3, 0.4) is 0 Å². The molecule has 0 aromatic carbocycles. The van der Waals surface area contributed by atoms with Crippen LogP contribution < -0.4 is 0 Å². The van der Waals surface area contributed by atoms with Gasteiger partial charge in [-0.05, 0) is 18.3 Å². The van der Waals surface area contributed by atoms with Crippen molar-refractivity contribution in [3.05, 3.63) is 0 Å². The van der Waals surface area contributed by atoms with Crippen LogP contribution >= 0.6 is 0 Å². The summed E-state index contributed by atoms with van der Waals surface area (Å²) in [5.74, 6) is 1.96. The van der Waals surface area contributed by atoms with E-state index in [-0.39, 0.29) is 0 Å². The fraction of sp³-hybridized carbons (Fsp3) is 1.00. The Morgan fingerprint density at radius 1 is 0.750 bits per heavy atom. The predicted octanol–water partition coefficient (Wildman–Crippen LogP) is 6.20. The van der Waals surface area contributed by atoms with Gasteiger partial charge < -0.3 is 0 Å². The summed E-state index contributed by atoms with van der Waals surface area (Å²) in [6.07, 6.45) is 14.3. The van der Waals surface area contributed by atoms with Gasteiger partial charge in [0.15, 0.2) is 0 Å². The van der Waals surface area contributed by atoms with Crippen LogP contribution in [0.15, 0.2) is 0 Å². The third-order valence-electron chi connectivity index (χ3n) is 3.83. The molecule has 0 heterocycles. The van der Waals surface area contributed by atoms with Gasteiger partial charge in [0.25, 0.3) is 0 Å². The molecule has 0 radical (unpaired) electrons. The highest BCUT2D eigenvalue weighted by atomic mass is 14.2. The van der Waals surface area contributed by atoms with Crippen molar-refractivity contribution >= 4 is 0 Å². The third kappa shape index (κ3) is 9.24. The third-order valence-corrected chi connectivity index (χ3v) is 3.83. The summed E-state index contributed by atoms with van der Waals surface area (Å²) in [4.78, 5) is 0. The van der Waals surface area contributed by atoms with Gasteiger partial charge in [0.2, 0.25) is 0 Å². The molecular formula is C16H34. The Hall–Kier alpha value is 0. The lowest BCUT2D eigenvalue weighted by Crippen LogP contribution is -2.06. The Balaban J connectivity index is 3.56. The van der Waals surface area contributed by atoms with Crippen LogP contribution in [0.1, 0.15) is 91.9 Å². The predicted molar refractivity (Wildman–Crippen MR) is 75.8 cm³/mol. The van der Waals surface area contributed by atoms with Crippen molar-refractivity contribution in [1.82, 2.24) is 0 Å². The van der Waals surface area contributed by atoms with E-state index >= 15 is 0 Å². The maximum Gasteiger partial charge on any atom is -0.0414 e. The molecule has 0 aliphatic carbocycles. The lowest BCUT2D eigenvalue weighted by molar-refractivity contribution is 0.332. The Morgan fingerprint density at radius 2 is 1.44 bits per heavy atom. The first-order valence-corrected chi connectivity index (χ1v) is 7.74. The van der Waals surface area contributed by atoms with Crippen LogP contribution in [-0.2, 0) is 0 Å². The van der Waals surface area contributed by atoms with E-state index in [4.69, 9.17) is 0 Å². The Morgan fingerprint density at radius 3 is 2.00 bits per heavy atom. The summed E-state index contributed by atoms with van der Waals surface area (Å²) in [5, 5.41) is 0. The largest absolute Gasteiger partial charge is 0.0654 e. The first-order valence-electron chi connectivity index (χ1n) is 7.74. The molecule has 0 N–H and O–H groups in total. The molecule has 16 heavy (non-hydrogen) atoms. The molecule has 98 valence electrons. The minimum absolute atomic E-state index is 0.955. The molecule has 0 nitrogen and oxygen atoms in total. The highest BCUT2D eigenvalue weighted by Gasteiger charge is 2.10. The quantitative estimate of drug-likeness (QED) is 0.368. The molecule has 0 aliphatic rings. The number of hydrogen-bond donors (Lipinski definition) is 0. The molecule has 0 amide bonds. The first-order chi connectivity index (χ1) is 7.74. The van der Waals surface area contributed by atoms with Gasteiger partial charge >= 0.3 is 0 Å². The van der Waals surface area contributed by atoms with Crippen molar-refractivity contribution in [2.75, 3.05) is 0 Å². The average molecular weight is 226 g/mol. The second-order valence-electron chi connectivity index (χ2n) is 5.61. The molecular weight excluding hydrogens is 192 g/mol. The minimum Gasteiger partial charge on any atom is -0.0654 e. The summed E-state index contributed by atoms with van der Waals surface area (Å²) in [7, 11) is 0. The van der Waals surface area contributed by atoms with Gasteiger partial charge in [0, 0.05) is 0 Å². The maximum absolute atomic E-state index is 2.45. The van der Waals surface area contributed by atoms with Crippen LogP contribution in [0.2, 0.25) is 0 Å². The molecule has 0 spiro atoms. The van der Waals surface area contributed by atoms with E-state index in [1.54, 1.807) is 0 Å². The second-order valence-corrected chi connectivity index (χ2v) is 5.61. The zero-order valence-electron chi connectivity index (χ0n) is 12.2. The van der Waals surface area contributed by atoms with Gasteiger partial charge in [0.05, 0.1) is 0 Å². The van der Waals surface area contributed by atoms with Gasteiger partial charge in [-0.15, -0.1) is 0 Å². The standard InChI is InChI=1S/C16H34/c1-5-8-10-11-13-16(7-3)14-15(4)12-9-6-2/h15-16H,5-14H2,1-4H3. The van der Waals surface area contributed by atoms with Gasteiger partial charge in [-0.1, -0.05) is 85.5 Å². The van der Waals surface area contributed by atoms with Crippen LogP contribution in [-0.4, -0.2) is 0 Å². The summed E-state index contributed by atoms with van der Waals surface area (Å²) in [6, 6.07) is 0. The Labute approximate surface area is 104 Å². The molecule has 0 aliphatic heterocycles. The Bertz CT molecular complexity index is 128. The monoisotopic (exact) mass is 226 g/mol. The molecule has 0 bridgehead atoms. The fourth-order valence-corrected chi connectivity index (χ4v) is 2.59. The van der Waals surface area contributed by atoms with Crippen LogP contribution in [0, 0.1) is 11.8 Å². The van der Waals surface area contributed by atoms with E-state index in [9.17, 15) is 0 Å². The summed E-state index contributed by atoms with van der Waals surface area (Å²) in [5.41, 5.74) is 0. The highest BCUT2D eigenvalue weighted by molar-refractivity contribution is 4.63. The van der Waals surface area contributed by atoms with E-state index in [0.717, 1.165) is 11.8 Å². The summed E-state index contributed by atoms with van der Waals surface area (Å²) >= 11 is 0. The van der Waals surface area contributed by atoms with Gasteiger partial charge in [-0.3, -0.25) is 0 Å². The lowest BCUT2D eigenvalue weighted by atomic mass is 9.87. The minimum atomic E-state index is 0.955. The molecule has 0 heteroatoms. The molecule has 0 saturated carbocycles. The average Bonchev–Trinajstić information content (AvgIpc) is 2.30. The molecule has 0 aromatic heterocycles. The number of rotatable bonds is 11. The summed E-state index contributed by atoms with van der Waals surface area (Å²) in [6.45, 7) is 9.42. The molecule has 0 saturated heterocycles. The van der Waals surface area contributed by atoms with Crippen molar-refractivity contribution < 1.29 is 0 Å². The maximum atomic E-state index is 2.45. The highest BCUT2D eigenvalue weighted by Crippen LogP contribution is 2.24.